The minimum atomic E-state index is -0.682. The molecule has 1 fully saturated rings. The molecule has 2 unspecified atom stereocenters. The summed E-state index contributed by atoms with van der Waals surface area (Å²) >= 11 is 0. The third-order valence-electron chi connectivity index (χ3n) is 3.97. The number of aliphatic carboxylic acids is 1. The average molecular weight is 271 g/mol. The van der Waals surface area contributed by atoms with Crippen LogP contribution >= 0.6 is 0 Å². The van der Waals surface area contributed by atoms with Gasteiger partial charge < -0.3 is 10.4 Å². The van der Waals surface area contributed by atoms with Gasteiger partial charge in [-0.3, -0.25) is 9.78 Å². The standard InChI is InChI=1S/C15H17N3O2/c19-15(20)11-5-3-4-10(11)8-17-14-9-16-12-6-1-2-7-13(12)18-14/h1-2,6-7,9-11H,3-5,8H2,(H,17,18)(H,19,20). The van der Waals surface area contributed by atoms with Crippen LogP contribution in [0.2, 0.25) is 0 Å². The number of hydrogen-bond donors (Lipinski definition) is 2. The van der Waals surface area contributed by atoms with Crippen molar-refractivity contribution in [2.24, 2.45) is 11.8 Å². The van der Waals surface area contributed by atoms with E-state index in [1.54, 1.807) is 6.20 Å². The normalized spacial score (nSPS) is 22.0. The Morgan fingerprint density at radius 3 is 2.90 bits per heavy atom. The van der Waals surface area contributed by atoms with E-state index in [0.29, 0.717) is 12.4 Å². The summed E-state index contributed by atoms with van der Waals surface area (Å²) in [5.74, 6) is -0.0182. The van der Waals surface area contributed by atoms with Crippen LogP contribution in [-0.2, 0) is 4.79 Å². The summed E-state index contributed by atoms with van der Waals surface area (Å²) < 4.78 is 0. The van der Waals surface area contributed by atoms with E-state index in [2.05, 4.69) is 15.3 Å². The monoisotopic (exact) mass is 271 g/mol. The lowest BCUT2D eigenvalue weighted by Crippen LogP contribution is -2.24. The molecule has 5 heteroatoms. The lowest BCUT2D eigenvalue weighted by molar-refractivity contribution is -0.142. The van der Waals surface area contributed by atoms with Gasteiger partial charge in [0.1, 0.15) is 5.82 Å². The summed E-state index contributed by atoms with van der Waals surface area (Å²) in [5, 5.41) is 12.4. The maximum Gasteiger partial charge on any atom is 0.306 e. The van der Waals surface area contributed by atoms with E-state index in [9.17, 15) is 4.79 Å². The van der Waals surface area contributed by atoms with Gasteiger partial charge in [-0.2, -0.15) is 0 Å². The molecule has 1 aliphatic rings. The Bertz CT molecular complexity index is 629. The fourth-order valence-electron chi connectivity index (χ4n) is 2.88. The Hall–Kier alpha value is -2.17. The SMILES string of the molecule is O=C(O)C1CCCC1CNc1cnc2ccccc2n1. The Morgan fingerprint density at radius 2 is 2.10 bits per heavy atom. The van der Waals surface area contributed by atoms with Gasteiger partial charge in [0.15, 0.2) is 0 Å². The van der Waals surface area contributed by atoms with E-state index in [4.69, 9.17) is 5.11 Å². The maximum absolute atomic E-state index is 11.1. The molecular formula is C15H17N3O2. The molecule has 1 saturated carbocycles. The van der Waals surface area contributed by atoms with Crippen molar-refractivity contribution in [2.75, 3.05) is 11.9 Å². The number of aromatic nitrogens is 2. The van der Waals surface area contributed by atoms with Crippen LogP contribution in [0.3, 0.4) is 0 Å². The van der Waals surface area contributed by atoms with Crippen LogP contribution in [0.5, 0.6) is 0 Å². The van der Waals surface area contributed by atoms with Crippen LogP contribution in [0.15, 0.2) is 30.5 Å². The van der Waals surface area contributed by atoms with Gasteiger partial charge in [0.25, 0.3) is 0 Å². The highest BCUT2D eigenvalue weighted by atomic mass is 16.4. The highest BCUT2D eigenvalue weighted by Crippen LogP contribution is 2.31. The summed E-state index contributed by atoms with van der Waals surface area (Å²) in [7, 11) is 0. The van der Waals surface area contributed by atoms with E-state index >= 15 is 0 Å². The minimum Gasteiger partial charge on any atom is -0.481 e. The smallest absolute Gasteiger partial charge is 0.306 e. The molecule has 20 heavy (non-hydrogen) atoms. The number of rotatable bonds is 4. The molecule has 1 heterocycles. The van der Waals surface area contributed by atoms with Crippen molar-refractivity contribution in [1.29, 1.82) is 0 Å². The van der Waals surface area contributed by atoms with Crippen molar-refractivity contribution in [3.05, 3.63) is 30.5 Å². The number of anilines is 1. The fourth-order valence-corrected chi connectivity index (χ4v) is 2.88. The molecule has 0 amide bonds. The topological polar surface area (TPSA) is 75.1 Å². The van der Waals surface area contributed by atoms with Crippen LogP contribution in [0.1, 0.15) is 19.3 Å². The van der Waals surface area contributed by atoms with Gasteiger partial charge in [0.2, 0.25) is 0 Å². The van der Waals surface area contributed by atoms with Crippen molar-refractivity contribution in [3.63, 3.8) is 0 Å². The summed E-state index contributed by atoms with van der Waals surface area (Å²) in [6.07, 6.45) is 4.44. The Morgan fingerprint density at radius 1 is 1.30 bits per heavy atom. The van der Waals surface area contributed by atoms with E-state index in [1.165, 1.54) is 0 Å². The van der Waals surface area contributed by atoms with Crippen LogP contribution < -0.4 is 5.32 Å². The predicted octanol–water partition coefficient (Wildman–Crippen LogP) is 2.54. The van der Waals surface area contributed by atoms with Gasteiger partial charge in [-0.15, -0.1) is 0 Å². The maximum atomic E-state index is 11.1. The number of nitrogens with one attached hydrogen (secondary N) is 1. The molecule has 1 aromatic carbocycles. The Kier molecular flexibility index (Phi) is 3.50. The Labute approximate surface area is 117 Å². The molecule has 0 saturated heterocycles. The van der Waals surface area contributed by atoms with Gasteiger partial charge >= 0.3 is 5.97 Å². The molecule has 1 aliphatic carbocycles. The zero-order valence-corrected chi connectivity index (χ0v) is 11.1. The number of carboxylic acid groups (broad SMARTS) is 1. The predicted molar refractivity (Wildman–Crippen MR) is 76.5 cm³/mol. The zero-order valence-electron chi connectivity index (χ0n) is 11.1. The average Bonchev–Trinajstić information content (AvgIpc) is 2.93. The van der Waals surface area contributed by atoms with Gasteiger partial charge in [-0.05, 0) is 30.9 Å². The second kappa shape index (κ2) is 5.45. The lowest BCUT2D eigenvalue weighted by Gasteiger charge is -2.16. The fraction of sp³-hybridized carbons (Fsp3) is 0.400. The molecular weight excluding hydrogens is 254 g/mol. The van der Waals surface area contributed by atoms with Gasteiger partial charge in [-0.25, -0.2) is 4.98 Å². The van der Waals surface area contributed by atoms with E-state index in [-0.39, 0.29) is 11.8 Å². The molecule has 104 valence electrons. The highest BCUT2D eigenvalue weighted by Gasteiger charge is 2.32. The summed E-state index contributed by atoms with van der Waals surface area (Å²) in [6, 6.07) is 7.70. The molecule has 3 rings (SSSR count). The van der Waals surface area contributed by atoms with E-state index in [1.807, 2.05) is 24.3 Å². The molecule has 2 N–H and O–H groups in total. The van der Waals surface area contributed by atoms with Gasteiger partial charge in [0, 0.05) is 6.54 Å². The minimum absolute atomic E-state index is 0.181. The number of nitrogens with zero attached hydrogens (tertiary/aromatic N) is 2. The summed E-state index contributed by atoms with van der Waals surface area (Å²) in [5.41, 5.74) is 1.71. The quantitative estimate of drug-likeness (QED) is 0.893. The van der Waals surface area contributed by atoms with Crippen molar-refractivity contribution in [1.82, 2.24) is 9.97 Å². The first-order valence-electron chi connectivity index (χ1n) is 6.92. The number of carboxylic acids is 1. The van der Waals surface area contributed by atoms with E-state index < -0.39 is 5.97 Å². The second-order valence-electron chi connectivity index (χ2n) is 5.26. The van der Waals surface area contributed by atoms with Crippen LogP contribution in [0.4, 0.5) is 5.82 Å². The zero-order chi connectivity index (χ0) is 13.9. The summed E-state index contributed by atoms with van der Waals surface area (Å²) in [6.45, 7) is 0.643. The van der Waals surface area contributed by atoms with Gasteiger partial charge in [-0.1, -0.05) is 18.6 Å². The number of carbonyl (C=O) groups is 1. The molecule has 0 spiro atoms. The summed E-state index contributed by atoms with van der Waals surface area (Å²) in [4.78, 5) is 20.0. The third-order valence-corrected chi connectivity index (χ3v) is 3.97. The molecule has 5 nitrogen and oxygen atoms in total. The second-order valence-corrected chi connectivity index (χ2v) is 5.26. The largest absolute Gasteiger partial charge is 0.481 e. The van der Waals surface area contributed by atoms with Crippen molar-refractivity contribution in [3.8, 4) is 0 Å². The van der Waals surface area contributed by atoms with E-state index in [0.717, 1.165) is 30.3 Å². The first kappa shape index (κ1) is 12.8. The number of fused-ring (bicyclic) bond motifs is 1. The van der Waals surface area contributed by atoms with Crippen molar-refractivity contribution >= 4 is 22.8 Å². The first-order valence-corrected chi connectivity index (χ1v) is 6.92. The number of benzene rings is 1. The third kappa shape index (κ3) is 2.57. The lowest BCUT2D eigenvalue weighted by atomic mass is 9.96. The molecule has 1 aromatic heterocycles. The van der Waals surface area contributed by atoms with Crippen molar-refractivity contribution in [2.45, 2.75) is 19.3 Å². The number of para-hydroxylation sites is 2. The van der Waals surface area contributed by atoms with Crippen molar-refractivity contribution < 1.29 is 9.90 Å². The molecule has 2 aromatic rings. The number of hydrogen-bond acceptors (Lipinski definition) is 4. The molecule has 0 aliphatic heterocycles. The van der Waals surface area contributed by atoms with Crippen LogP contribution in [-0.4, -0.2) is 27.6 Å². The first-order chi connectivity index (χ1) is 9.74. The van der Waals surface area contributed by atoms with Crippen LogP contribution in [0.25, 0.3) is 11.0 Å². The molecule has 0 bridgehead atoms. The molecule has 0 radical (unpaired) electrons. The molecule has 2 atom stereocenters. The Balaban J connectivity index is 1.69. The highest BCUT2D eigenvalue weighted by molar-refractivity contribution is 5.75. The van der Waals surface area contributed by atoms with Gasteiger partial charge in [0.05, 0.1) is 23.1 Å². The van der Waals surface area contributed by atoms with Crippen LogP contribution in [0, 0.1) is 11.8 Å².